The minimum Gasteiger partial charge on any atom is -0.312 e. The summed E-state index contributed by atoms with van der Waals surface area (Å²) >= 11 is 1.07. The smallest absolute Gasteiger partial charge is 0.305 e. The first kappa shape index (κ1) is 8.89. The van der Waals surface area contributed by atoms with Crippen molar-refractivity contribution in [1.82, 2.24) is 4.98 Å². The summed E-state index contributed by atoms with van der Waals surface area (Å²) < 4.78 is 0.778. The molecular weight excluding hydrogens is 204 g/mol. The van der Waals surface area contributed by atoms with Gasteiger partial charge in [-0.1, -0.05) is 11.3 Å². The highest BCUT2D eigenvalue weighted by Gasteiger charge is 2.11. The van der Waals surface area contributed by atoms with Gasteiger partial charge < -0.3 is 4.98 Å². The van der Waals surface area contributed by atoms with E-state index >= 15 is 0 Å². The first-order chi connectivity index (χ1) is 6.58. The molecule has 5 nitrogen and oxygen atoms in total. The standard InChI is InChI=1S/C8H6N2O3S/c1-4-2-5(10(12)13)3-6-7(4)14-8(11)9-6/h2-3H,1H3,(H,9,11). The van der Waals surface area contributed by atoms with Gasteiger partial charge in [0, 0.05) is 12.1 Å². The molecular formula is C8H6N2O3S. The Bertz CT molecular complexity index is 569. The van der Waals surface area contributed by atoms with Crippen LogP contribution in [0.1, 0.15) is 5.56 Å². The Morgan fingerprint density at radius 3 is 2.86 bits per heavy atom. The van der Waals surface area contributed by atoms with Crippen LogP contribution in [0.2, 0.25) is 0 Å². The van der Waals surface area contributed by atoms with Crippen molar-refractivity contribution in [3.05, 3.63) is 37.5 Å². The molecule has 0 aliphatic carbocycles. The van der Waals surface area contributed by atoms with Crippen LogP contribution in [0.4, 0.5) is 5.69 Å². The molecule has 0 aliphatic rings. The van der Waals surface area contributed by atoms with Crippen LogP contribution in [0.15, 0.2) is 16.9 Å². The number of nitro benzene ring substituents is 1. The Hall–Kier alpha value is -1.69. The normalized spacial score (nSPS) is 10.6. The molecule has 0 unspecified atom stereocenters. The molecule has 0 radical (unpaired) electrons. The molecule has 0 atom stereocenters. The van der Waals surface area contributed by atoms with Crippen molar-refractivity contribution in [2.45, 2.75) is 6.92 Å². The predicted octanol–water partition coefficient (Wildman–Crippen LogP) is 1.81. The molecule has 2 aromatic rings. The highest BCUT2D eigenvalue weighted by Crippen LogP contribution is 2.24. The highest BCUT2D eigenvalue weighted by atomic mass is 32.1. The van der Waals surface area contributed by atoms with Crippen LogP contribution in [0.3, 0.4) is 0 Å². The van der Waals surface area contributed by atoms with E-state index < -0.39 is 4.92 Å². The van der Waals surface area contributed by atoms with E-state index in [4.69, 9.17) is 0 Å². The fourth-order valence-electron chi connectivity index (χ4n) is 1.32. The molecule has 0 amide bonds. The highest BCUT2D eigenvalue weighted by molar-refractivity contribution is 7.16. The third kappa shape index (κ3) is 1.29. The number of H-pyrrole nitrogens is 1. The van der Waals surface area contributed by atoms with E-state index in [0.717, 1.165) is 21.6 Å². The second-order valence-corrected chi connectivity index (χ2v) is 3.89. The van der Waals surface area contributed by atoms with Crippen molar-refractivity contribution < 1.29 is 4.92 Å². The number of nitro groups is 1. The van der Waals surface area contributed by atoms with Crippen molar-refractivity contribution in [3.8, 4) is 0 Å². The maximum Gasteiger partial charge on any atom is 0.305 e. The molecule has 0 aliphatic heterocycles. The number of non-ortho nitro benzene ring substituents is 1. The maximum absolute atomic E-state index is 11.0. The van der Waals surface area contributed by atoms with E-state index in [2.05, 4.69) is 4.98 Å². The Morgan fingerprint density at radius 2 is 2.21 bits per heavy atom. The lowest BCUT2D eigenvalue weighted by Gasteiger charge is -1.95. The van der Waals surface area contributed by atoms with Gasteiger partial charge in [-0.25, -0.2) is 0 Å². The predicted molar refractivity (Wildman–Crippen MR) is 53.8 cm³/mol. The van der Waals surface area contributed by atoms with E-state index in [0.29, 0.717) is 5.52 Å². The minimum absolute atomic E-state index is 0.00375. The van der Waals surface area contributed by atoms with Gasteiger partial charge in [-0.2, -0.15) is 0 Å². The van der Waals surface area contributed by atoms with Crippen molar-refractivity contribution in [2.24, 2.45) is 0 Å². The number of nitrogens with one attached hydrogen (secondary N) is 1. The van der Waals surface area contributed by atoms with Crippen LogP contribution >= 0.6 is 11.3 Å². The van der Waals surface area contributed by atoms with Gasteiger partial charge in [-0.05, 0) is 12.5 Å². The van der Waals surface area contributed by atoms with Crippen molar-refractivity contribution in [1.29, 1.82) is 0 Å². The first-order valence-electron chi connectivity index (χ1n) is 3.86. The zero-order chi connectivity index (χ0) is 10.3. The average molecular weight is 210 g/mol. The van der Waals surface area contributed by atoms with E-state index in [1.165, 1.54) is 12.1 Å². The molecule has 0 saturated carbocycles. The van der Waals surface area contributed by atoms with Gasteiger partial charge in [0.2, 0.25) is 0 Å². The Kier molecular flexibility index (Phi) is 1.85. The Labute approximate surface area is 82.2 Å². The zero-order valence-electron chi connectivity index (χ0n) is 7.23. The Morgan fingerprint density at radius 1 is 1.50 bits per heavy atom. The molecule has 6 heteroatoms. The third-order valence-electron chi connectivity index (χ3n) is 1.90. The van der Waals surface area contributed by atoms with Gasteiger partial charge in [-0.15, -0.1) is 0 Å². The summed E-state index contributed by atoms with van der Waals surface area (Å²) in [5.74, 6) is 0. The summed E-state index contributed by atoms with van der Waals surface area (Å²) in [7, 11) is 0. The van der Waals surface area contributed by atoms with Crippen LogP contribution < -0.4 is 4.87 Å². The summed E-state index contributed by atoms with van der Waals surface area (Å²) in [6, 6.07) is 2.84. The quantitative estimate of drug-likeness (QED) is 0.576. The maximum atomic E-state index is 11.0. The lowest BCUT2D eigenvalue weighted by molar-refractivity contribution is -0.384. The number of aryl methyl sites for hydroxylation is 1. The number of thiazole rings is 1. The van der Waals surface area contributed by atoms with Crippen LogP contribution in [0, 0.1) is 17.0 Å². The molecule has 1 aromatic carbocycles. The summed E-state index contributed by atoms with van der Waals surface area (Å²) in [5, 5.41) is 10.5. The van der Waals surface area contributed by atoms with Crippen molar-refractivity contribution >= 4 is 27.2 Å². The summed E-state index contributed by atoms with van der Waals surface area (Å²) in [6.07, 6.45) is 0. The first-order valence-corrected chi connectivity index (χ1v) is 4.67. The van der Waals surface area contributed by atoms with Crippen LogP contribution in [0.25, 0.3) is 10.2 Å². The van der Waals surface area contributed by atoms with E-state index in [-0.39, 0.29) is 10.6 Å². The number of aromatic amines is 1. The molecule has 14 heavy (non-hydrogen) atoms. The number of nitrogens with zero attached hydrogens (tertiary/aromatic N) is 1. The van der Waals surface area contributed by atoms with Crippen LogP contribution in [-0.2, 0) is 0 Å². The second-order valence-electron chi connectivity index (χ2n) is 2.91. The van der Waals surface area contributed by atoms with Crippen molar-refractivity contribution in [3.63, 3.8) is 0 Å². The van der Waals surface area contributed by atoms with E-state index in [9.17, 15) is 14.9 Å². The lowest BCUT2D eigenvalue weighted by atomic mass is 10.2. The number of rotatable bonds is 1. The number of hydrogen-bond acceptors (Lipinski definition) is 4. The van der Waals surface area contributed by atoms with Gasteiger partial charge in [0.15, 0.2) is 0 Å². The van der Waals surface area contributed by atoms with Crippen LogP contribution in [0.5, 0.6) is 0 Å². The molecule has 1 heterocycles. The van der Waals surface area contributed by atoms with Gasteiger partial charge in [0.1, 0.15) is 0 Å². The lowest BCUT2D eigenvalue weighted by Crippen LogP contribution is -1.91. The van der Waals surface area contributed by atoms with Gasteiger partial charge in [-0.3, -0.25) is 14.9 Å². The monoisotopic (exact) mass is 210 g/mol. The molecule has 1 N–H and O–H groups in total. The third-order valence-corrected chi connectivity index (χ3v) is 2.94. The number of fused-ring (bicyclic) bond motifs is 1. The summed E-state index contributed by atoms with van der Waals surface area (Å²) in [4.78, 5) is 23.4. The molecule has 0 bridgehead atoms. The van der Waals surface area contributed by atoms with Crippen LogP contribution in [-0.4, -0.2) is 9.91 Å². The van der Waals surface area contributed by atoms with Gasteiger partial charge in [0.05, 0.1) is 15.1 Å². The number of aromatic nitrogens is 1. The molecule has 2 rings (SSSR count). The summed E-state index contributed by atoms with van der Waals surface area (Å²) in [6.45, 7) is 1.75. The molecule has 0 spiro atoms. The number of hydrogen-bond donors (Lipinski definition) is 1. The Balaban J connectivity index is 2.84. The van der Waals surface area contributed by atoms with E-state index in [1.54, 1.807) is 6.92 Å². The van der Waals surface area contributed by atoms with E-state index in [1.807, 2.05) is 0 Å². The zero-order valence-corrected chi connectivity index (χ0v) is 8.05. The topological polar surface area (TPSA) is 76.0 Å². The average Bonchev–Trinajstić information content (AvgIpc) is 2.45. The van der Waals surface area contributed by atoms with Gasteiger partial charge in [0.25, 0.3) is 5.69 Å². The minimum atomic E-state index is -0.470. The largest absolute Gasteiger partial charge is 0.312 e. The van der Waals surface area contributed by atoms with Crippen molar-refractivity contribution in [2.75, 3.05) is 0 Å². The second kappa shape index (κ2) is 2.91. The molecule has 0 fully saturated rings. The number of benzene rings is 1. The van der Waals surface area contributed by atoms with Gasteiger partial charge >= 0.3 is 4.87 Å². The molecule has 0 saturated heterocycles. The fourth-order valence-corrected chi connectivity index (χ4v) is 2.10. The summed E-state index contributed by atoms with van der Waals surface area (Å²) in [5.41, 5.74) is 1.29. The molecule has 72 valence electrons. The SMILES string of the molecule is Cc1cc([N+](=O)[O-])cc2[nH]c(=O)sc12. The fraction of sp³-hybridized carbons (Fsp3) is 0.125. The molecule has 1 aromatic heterocycles.